The second-order valence-corrected chi connectivity index (χ2v) is 13.0. The van der Waals surface area contributed by atoms with Gasteiger partial charge >= 0.3 is 6.09 Å². The summed E-state index contributed by atoms with van der Waals surface area (Å²) in [7, 11) is 1.88. The highest BCUT2D eigenvalue weighted by Crippen LogP contribution is 2.48. The standard InChI is InChI=1S/C18H23ClN4O2S2.C6H3Cl2NO.C2H6/c1-17(2,3)25-16(24)23-9-18(10-23)7-22(8-18)14-13(21-15(20-4)27-14)12-5-11(19)6-26-12;7-5-1-4(3-10)2-9-6(5)8;1-2/h5-6H,7-10H2,1-4H3,(H,20,21);1-3H;1-2H3. The lowest BCUT2D eigenvalue weighted by Gasteiger charge is -2.60. The molecule has 2 aliphatic rings. The quantitative estimate of drug-likeness (QED) is 0.231. The van der Waals surface area contributed by atoms with Gasteiger partial charge in [-0.25, -0.2) is 14.8 Å². The molecule has 5 rings (SSSR count). The topological polar surface area (TPSA) is 87.7 Å². The number of carbonyl (C=O) groups excluding carboxylic acids is 2. The number of hydrogen-bond donors (Lipinski definition) is 1. The van der Waals surface area contributed by atoms with E-state index in [1.165, 1.54) is 17.3 Å². The van der Waals surface area contributed by atoms with E-state index in [0.29, 0.717) is 16.9 Å². The summed E-state index contributed by atoms with van der Waals surface area (Å²) in [5.41, 5.74) is 1.15. The van der Waals surface area contributed by atoms with E-state index in [-0.39, 0.29) is 16.7 Å². The van der Waals surface area contributed by atoms with Crippen molar-refractivity contribution in [2.75, 3.05) is 43.4 Å². The fourth-order valence-corrected chi connectivity index (χ4v) is 6.40. The van der Waals surface area contributed by atoms with Crippen LogP contribution in [-0.4, -0.2) is 66.1 Å². The number of thiazole rings is 1. The van der Waals surface area contributed by atoms with Crippen LogP contribution in [-0.2, 0) is 4.74 Å². The smallest absolute Gasteiger partial charge is 0.410 e. The molecule has 13 heteroatoms. The first-order chi connectivity index (χ1) is 18.4. The molecule has 212 valence electrons. The summed E-state index contributed by atoms with van der Waals surface area (Å²) in [4.78, 5) is 35.9. The third kappa shape index (κ3) is 7.76. The van der Waals surface area contributed by atoms with E-state index in [1.54, 1.807) is 27.6 Å². The molecule has 0 unspecified atom stereocenters. The molecule has 0 radical (unpaired) electrons. The number of aromatic nitrogens is 2. The lowest BCUT2D eigenvalue weighted by Crippen LogP contribution is -2.73. The Labute approximate surface area is 252 Å². The number of nitrogens with zero attached hydrogens (tertiary/aromatic N) is 4. The number of rotatable bonds is 4. The zero-order chi connectivity index (χ0) is 29.0. The molecule has 1 spiro atoms. The molecule has 3 aromatic heterocycles. The van der Waals surface area contributed by atoms with Gasteiger partial charge in [-0.15, -0.1) is 11.3 Å². The number of likely N-dealkylation sites (tertiary alicyclic amines) is 1. The number of hydrogen-bond acceptors (Lipinski definition) is 9. The second kappa shape index (κ2) is 13.0. The average Bonchev–Trinajstić information content (AvgIpc) is 3.46. The van der Waals surface area contributed by atoms with Gasteiger partial charge in [0.15, 0.2) is 11.4 Å². The van der Waals surface area contributed by atoms with Gasteiger partial charge in [0.2, 0.25) is 0 Å². The molecule has 0 aliphatic carbocycles. The van der Waals surface area contributed by atoms with Gasteiger partial charge in [0.1, 0.15) is 21.4 Å². The Bertz CT molecular complexity index is 1290. The van der Waals surface area contributed by atoms with Crippen molar-refractivity contribution in [3.8, 4) is 10.6 Å². The van der Waals surface area contributed by atoms with Crippen LogP contribution in [0.1, 0.15) is 45.0 Å². The third-order valence-corrected chi connectivity index (χ3v) is 8.73. The van der Waals surface area contributed by atoms with Gasteiger partial charge in [-0.05, 0) is 32.9 Å². The highest BCUT2D eigenvalue weighted by Gasteiger charge is 2.54. The maximum absolute atomic E-state index is 12.2. The maximum atomic E-state index is 12.2. The number of halogens is 3. The fourth-order valence-electron chi connectivity index (χ4n) is 4.06. The van der Waals surface area contributed by atoms with Crippen molar-refractivity contribution in [3.05, 3.63) is 44.5 Å². The molecule has 2 saturated heterocycles. The van der Waals surface area contributed by atoms with Gasteiger partial charge in [-0.2, -0.15) is 0 Å². The second-order valence-electron chi connectivity index (χ2n) is 9.90. The normalized spacial score (nSPS) is 15.2. The molecule has 0 atom stereocenters. The van der Waals surface area contributed by atoms with Crippen molar-refractivity contribution in [1.29, 1.82) is 0 Å². The summed E-state index contributed by atoms with van der Waals surface area (Å²) in [6, 6.07) is 3.43. The van der Waals surface area contributed by atoms with Crippen molar-refractivity contribution in [3.63, 3.8) is 0 Å². The predicted octanol–water partition coefficient (Wildman–Crippen LogP) is 7.85. The van der Waals surface area contributed by atoms with Crippen LogP contribution in [0.25, 0.3) is 10.6 Å². The molecule has 1 N–H and O–H groups in total. The van der Waals surface area contributed by atoms with Crippen molar-refractivity contribution < 1.29 is 14.3 Å². The molecule has 2 aliphatic heterocycles. The number of anilines is 2. The molecule has 2 fully saturated rings. The molecule has 0 aromatic carbocycles. The van der Waals surface area contributed by atoms with Gasteiger partial charge < -0.3 is 19.9 Å². The summed E-state index contributed by atoms with van der Waals surface area (Å²) in [6.45, 7) is 13.1. The van der Waals surface area contributed by atoms with E-state index in [1.807, 2.05) is 53.1 Å². The molecule has 5 heterocycles. The molecule has 0 saturated carbocycles. The predicted molar refractivity (Wildman–Crippen MR) is 163 cm³/mol. The first-order valence-corrected chi connectivity index (χ1v) is 15.2. The Morgan fingerprint density at radius 3 is 2.33 bits per heavy atom. The number of aldehydes is 1. The van der Waals surface area contributed by atoms with Crippen LogP contribution in [0.5, 0.6) is 0 Å². The molecule has 8 nitrogen and oxygen atoms in total. The molecule has 39 heavy (non-hydrogen) atoms. The Morgan fingerprint density at radius 2 is 1.82 bits per heavy atom. The van der Waals surface area contributed by atoms with E-state index < -0.39 is 5.60 Å². The molecule has 3 aromatic rings. The zero-order valence-corrected chi connectivity index (χ0v) is 26.6. The Morgan fingerprint density at radius 1 is 1.15 bits per heavy atom. The number of ether oxygens (including phenoxy) is 1. The van der Waals surface area contributed by atoms with E-state index in [4.69, 9.17) is 44.5 Å². The lowest BCUT2D eigenvalue weighted by atomic mass is 9.73. The third-order valence-electron chi connectivity index (χ3n) is 5.62. The van der Waals surface area contributed by atoms with Crippen LogP contribution < -0.4 is 10.2 Å². The van der Waals surface area contributed by atoms with Gasteiger partial charge in [0.25, 0.3) is 0 Å². The first kappa shape index (κ1) is 31.4. The average molecular weight is 633 g/mol. The monoisotopic (exact) mass is 631 g/mol. The summed E-state index contributed by atoms with van der Waals surface area (Å²) in [5.74, 6) is 0. The molecule has 0 bridgehead atoms. The van der Waals surface area contributed by atoms with Crippen molar-refractivity contribution in [2.45, 2.75) is 40.2 Å². The van der Waals surface area contributed by atoms with Gasteiger partial charge in [-0.3, -0.25) is 4.79 Å². The van der Waals surface area contributed by atoms with E-state index in [0.717, 1.165) is 46.9 Å². The SMILES string of the molecule is CC.CNc1nc(-c2cc(Cl)cs2)c(N2CC3(CN(C(=O)OC(C)(C)C)C3)C2)s1.O=Cc1cnc(Cl)c(Cl)c1. The molecule has 1 amide bonds. The summed E-state index contributed by atoms with van der Waals surface area (Å²) >= 11 is 20.4. The number of amides is 1. The van der Waals surface area contributed by atoms with Crippen LogP contribution in [0.3, 0.4) is 0 Å². The van der Waals surface area contributed by atoms with Crippen molar-refractivity contribution in [2.24, 2.45) is 5.41 Å². The molecular formula is C26H32Cl3N5O3S2. The largest absolute Gasteiger partial charge is 0.444 e. The van der Waals surface area contributed by atoms with Crippen LogP contribution in [0.15, 0.2) is 23.7 Å². The summed E-state index contributed by atoms with van der Waals surface area (Å²) < 4.78 is 5.46. The zero-order valence-electron chi connectivity index (χ0n) is 22.7. The maximum Gasteiger partial charge on any atom is 0.410 e. The number of nitrogens with one attached hydrogen (secondary N) is 1. The highest BCUT2D eigenvalue weighted by atomic mass is 35.5. The van der Waals surface area contributed by atoms with Gasteiger partial charge in [0.05, 0.1) is 14.9 Å². The van der Waals surface area contributed by atoms with Gasteiger partial charge in [0, 0.05) is 55.8 Å². The minimum Gasteiger partial charge on any atom is -0.444 e. The van der Waals surface area contributed by atoms with Crippen LogP contribution in [0.2, 0.25) is 15.2 Å². The Balaban J connectivity index is 0.000000294. The number of pyridine rings is 1. The summed E-state index contributed by atoms with van der Waals surface area (Å²) in [5, 5.41) is 8.39. The van der Waals surface area contributed by atoms with Gasteiger partial charge in [-0.1, -0.05) is 60.0 Å². The van der Waals surface area contributed by atoms with E-state index >= 15 is 0 Å². The van der Waals surface area contributed by atoms with Crippen molar-refractivity contribution >= 4 is 80.0 Å². The number of carbonyl (C=O) groups is 2. The minimum atomic E-state index is -0.450. The fraction of sp³-hybridized carbons (Fsp3) is 0.462. The molecular weight excluding hydrogens is 601 g/mol. The first-order valence-electron chi connectivity index (χ1n) is 12.3. The van der Waals surface area contributed by atoms with Crippen LogP contribution >= 0.6 is 57.5 Å². The van der Waals surface area contributed by atoms with Crippen molar-refractivity contribution in [1.82, 2.24) is 14.9 Å². The summed E-state index contributed by atoms with van der Waals surface area (Å²) in [6.07, 6.45) is 1.81. The Kier molecular flexibility index (Phi) is 10.5. The van der Waals surface area contributed by atoms with Crippen LogP contribution in [0, 0.1) is 5.41 Å². The lowest BCUT2D eigenvalue weighted by molar-refractivity contribution is -0.0451. The number of thiophene rings is 1. The van der Waals surface area contributed by atoms with E-state index in [2.05, 4.69) is 15.2 Å². The minimum absolute atomic E-state index is 0.186. The Hall–Kier alpha value is -2.11. The van der Waals surface area contributed by atoms with Crippen LogP contribution in [0.4, 0.5) is 14.9 Å². The highest BCUT2D eigenvalue weighted by molar-refractivity contribution is 7.21. The van der Waals surface area contributed by atoms with E-state index in [9.17, 15) is 9.59 Å².